The van der Waals surface area contributed by atoms with Crippen LogP contribution in [0, 0.1) is 0 Å². The van der Waals surface area contributed by atoms with E-state index in [4.69, 9.17) is 11.6 Å². The van der Waals surface area contributed by atoms with Gasteiger partial charge in [-0.25, -0.2) is 17.7 Å². The number of hydrogen-bond donors (Lipinski definition) is 1. The Bertz CT molecular complexity index is 819. The van der Waals surface area contributed by atoms with E-state index in [1.54, 1.807) is 12.1 Å². The zero-order valence-electron chi connectivity index (χ0n) is 10.8. The fourth-order valence-corrected chi connectivity index (χ4v) is 5.22. The van der Waals surface area contributed by atoms with Crippen molar-refractivity contribution >= 4 is 50.4 Å². The normalized spacial score (nSPS) is 18.3. The molecule has 1 aliphatic heterocycles. The minimum atomic E-state index is -3.89. The molecule has 2 aromatic rings. The zero-order chi connectivity index (χ0) is 15.2. The van der Waals surface area contributed by atoms with E-state index in [1.165, 1.54) is 25.3 Å². The number of amides is 1. The molecule has 0 saturated carbocycles. The predicted octanol–water partition coefficient (Wildman–Crippen LogP) is 2.33. The topological polar surface area (TPSA) is 79.4 Å². The lowest BCUT2D eigenvalue weighted by molar-refractivity contribution is -0.117. The molecule has 2 aromatic heterocycles. The van der Waals surface area contributed by atoms with Gasteiger partial charge in [0.05, 0.1) is 10.0 Å². The largest absolute Gasteiger partial charge is 0.321 e. The van der Waals surface area contributed by atoms with Gasteiger partial charge in [0.25, 0.3) is 10.0 Å². The second-order valence-corrected chi connectivity index (χ2v) is 8.16. The van der Waals surface area contributed by atoms with Gasteiger partial charge in [0.1, 0.15) is 10.3 Å². The van der Waals surface area contributed by atoms with Crippen molar-refractivity contribution in [2.75, 3.05) is 9.62 Å². The molecular weight excluding hydrogens is 334 g/mol. The van der Waals surface area contributed by atoms with E-state index in [0.29, 0.717) is 10.0 Å². The molecule has 0 spiro atoms. The minimum absolute atomic E-state index is 0.0747. The third kappa shape index (κ3) is 2.29. The molecular formula is C12H10ClN3O3S2. The lowest BCUT2D eigenvalue weighted by atomic mass is 10.2. The highest BCUT2D eigenvalue weighted by Gasteiger charge is 2.39. The van der Waals surface area contributed by atoms with Gasteiger partial charge in [-0.05, 0) is 31.2 Å². The molecule has 1 aliphatic rings. The number of aromatic nitrogens is 1. The Morgan fingerprint density at radius 2 is 2.14 bits per heavy atom. The van der Waals surface area contributed by atoms with E-state index >= 15 is 0 Å². The molecule has 0 fully saturated rings. The molecule has 110 valence electrons. The summed E-state index contributed by atoms with van der Waals surface area (Å²) in [5, 5.41) is 2.64. The Balaban J connectivity index is 2.18. The monoisotopic (exact) mass is 343 g/mol. The molecule has 0 aromatic carbocycles. The number of carbonyl (C=O) groups is 1. The van der Waals surface area contributed by atoms with Gasteiger partial charge < -0.3 is 5.32 Å². The summed E-state index contributed by atoms with van der Waals surface area (Å²) in [4.78, 5) is 16.1. The van der Waals surface area contributed by atoms with Gasteiger partial charge in [-0.3, -0.25) is 4.79 Å². The van der Waals surface area contributed by atoms with E-state index in [-0.39, 0.29) is 10.0 Å². The van der Waals surface area contributed by atoms with Crippen molar-refractivity contribution in [3.05, 3.63) is 34.8 Å². The van der Waals surface area contributed by atoms with Crippen molar-refractivity contribution in [2.45, 2.75) is 17.2 Å². The van der Waals surface area contributed by atoms with Gasteiger partial charge in [-0.1, -0.05) is 11.6 Å². The number of halogens is 1. The van der Waals surface area contributed by atoms with Gasteiger partial charge in [0, 0.05) is 6.20 Å². The van der Waals surface area contributed by atoms with E-state index in [0.717, 1.165) is 15.6 Å². The number of pyridine rings is 1. The molecule has 1 unspecified atom stereocenters. The standard InChI is InChI=1S/C12H10ClN3O3S2/c1-7-12(17)15-8-3-2-6-14-11(8)16(7)21(18,19)10-5-4-9(13)20-10/h2-7H,1H3,(H,15,17). The summed E-state index contributed by atoms with van der Waals surface area (Å²) in [6.45, 7) is 1.51. The van der Waals surface area contributed by atoms with Gasteiger partial charge in [0.15, 0.2) is 5.82 Å². The van der Waals surface area contributed by atoms with Crippen LogP contribution >= 0.6 is 22.9 Å². The van der Waals surface area contributed by atoms with Gasteiger partial charge in [-0.2, -0.15) is 0 Å². The van der Waals surface area contributed by atoms with Crippen LogP contribution in [-0.2, 0) is 14.8 Å². The van der Waals surface area contributed by atoms with Crippen LogP contribution in [0.5, 0.6) is 0 Å². The number of fused-ring (bicyclic) bond motifs is 1. The SMILES string of the molecule is CC1C(=O)Nc2cccnc2N1S(=O)(=O)c1ccc(Cl)s1. The van der Waals surface area contributed by atoms with Gasteiger partial charge in [0.2, 0.25) is 5.91 Å². The molecule has 1 atom stereocenters. The van der Waals surface area contributed by atoms with Crippen LogP contribution in [0.4, 0.5) is 11.5 Å². The number of sulfonamides is 1. The molecule has 21 heavy (non-hydrogen) atoms. The number of anilines is 2. The van der Waals surface area contributed by atoms with Gasteiger partial charge in [-0.15, -0.1) is 11.3 Å². The first-order valence-corrected chi connectivity index (χ1v) is 8.60. The number of hydrogen-bond acceptors (Lipinski definition) is 5. The summed E-state index contributed by atoms with van der Waals surface area (Å²) in [6, 6.07) is 5.27. The summed E-state index contributed by atoms with van der Waals surface area (Å²) in [5.41, 5.74) is 0.367. The summed E-state index contributed by atoms with van der Waals surface area (Å²) in [7, 11) is -3.89. The van der Waals surface area contributed by atoms with Crippen LogP contribution in [0.25, 0.3) is 0 Å². The Hall–Kier alpha value is -1.64. The van der Waals surface area contributed by atoms with E-state index in [2.05, 4.69) is 10.3 Å². The maximum absolute atomic E-state index is 12.8. The highest BCUT2D eigenvalue weighted by molar-refractivity contribution is 7.94. The average Bonchev–Trinajstić information content (AvgIpc) is 2.87. The van der Waals surface area contributed by atoms with E-state index < -0.39 is 22.0 Å². The Morgan fingerprint density at radius 1 is 1.38 bits per heavy atom. The third-order valence-corrected chi connectivity index (χ3v) is 6.61. The quantitative estimate of drug-likeness (QED) is 0.907. The second-order valence-electron chi connectivity index (χ2n) is 4.40. The smallest absolute Gasteiger partial charge is 0.275 e. The van der Waals surface area contributed by atoms with Crippen LogP contribution in [0.2, 0.25) is 4.34 Å². The molecule has 0 saturated heterocycles. The molecule has 0 aliphatic carbocycles. The van der Waals surface area contributed by atoms with Crippen molar-refractivity contribution < 1.29 is 13.2 Å². The first-order chi connectivity index (χ1) is 9.91. The Kier molecular flexibility index (Phi) is 3.39. The average molecular weight is 344 g/mol. The third-order valence-electron chi connectivity index (χ3n) is 3.05. The zero-order valence-corrected chi connectivity index (χ0v) is 13.2. The fourth-order valence-electron chi connectivity index (χ4n) is 2.05. The first kappa shape index (κ1) is 14.3. The van der Waals surface area contributed by atoms with Crippen LogP contribution in [0.15, 0.2) is 34.7 Å². The number of nitrogens with zero attached hydrogens (tertiary/aromatic N) is 2. The summed E-state index contributed by atoms with van der Waals surface area (Å²) in [5.74, 6) is -0.198. The Morgan fingerprint density at radius 3 is 2.81 bits per heavy atom. The summed E-state index contributed by atoms with van der Waals surface area (Å²) >= 11 is 6.75. The van der Waals surface area contributed by atoms with Gasteiger partial charge >= 0.3 is 0 Å². The number of carbonyl (C=O) groups excluding carboxylic acids is 1. The summed E-state index contributed by atoms with van der Waals surface area (Å²) < 4.78 is 27.0. The number of nitrogens with one attached hydrogen (secondary N) is 1. The van der Waals surface area contributed by atoms with E-state index in [1.807, 2.05) is 0 Å². The molecule has 6 nitrogen and oxygen atoms in total. The number of rotatable bonds is 2. The predicted molar refractivity (Wildman–Crippen MR) is 81.3 cm³/mol. The van der Waals surface area contributed by atoms with E-state index in [9.17, 15) is 13.2 Å². The molecule has 9 heteroatoms. The lowest BCUT2D eigenvalue weighted by Crippen LogP contribution is -2.49. The minimum Gasteiger partial charge on any atom is -0.321 e. The fraction of sp³-hybridized carbons (Fsp3) is 0.167. The first-order valence-electron chi connectivity index (χ1n) is 5.97. The molecule has 3 heterocycles. The van der Waals surface area contributed by atoms with Crippen molar-refractivity contribution in [3.63, 3.8) is 0 Å². The van der Waals surface area contributed by atoms with Crippen LogP contribution in [0.3, 0.4) is 0 Å². The number of thiophene rings is 1. The van der Waals surface area contributed by atoms with Crippen molar-refractivity contribution in [1.82, 2.24) is 4.98 Å². The second kappa shape index (κ2) is 4.97. The van der Waals surface area contributed by atoms with Crippen molar-refractivity contribution in [2.24, 2.45) is 0 Å². The maximum Gasteiger partial charge on any atom is 0.275 e. The lowest BCUT2D eigenvalue weighted by Gasteiger charge is -2.33. The summed E-state index contributed by atoms with van der Waals surface area (Å²) in [6.07, 6.45) is 1.48. The maximum atomic E-state index is 12.8. The molecule has 3 rings (SSSR count). The molecule has 0 bridgehead atoms. The van der Waals surface area contributed by atoms with Crippen LogP contribution < -0.4 is 9.62 Å². The molecule has 1 N–H and O–H groups in total. The van der Waals surface area contributed by atoms with Crippen molar-refractivity contribution in [1.29, 1.82) is 0 Å². The van der Waals surface area contributed by atoms with Crippen LogP contribution in [0.1, 0.15) is 6.92 Å². The van der Waals surface area contributed by atoms with Crippen molar-refractivity contribution in [3.8, 4) is 0 Å². The highest BCUT2D eigenvalue weighted by Crippen LogP contribution is 2.36. The molecule has 0 radical (unpaired) electrons. The highest BCUT2D eigenvalue weighted by atomic mass is 35.5. The Labute approximate surface area is 130 Å². The van der Waals surface area contributed by atoms with Crippen LogP contribution in [-0.4, -0.2) is 25.4 Å². The molecule has 1 amide bonds.